The third-order valence-corrected chi connectivity index (χ3v) is 2.34. The molecule has 1 aliphatic rings. The highest BCUT2D eigenvalue weighted by Gasteiger charge is 2.44. The number of halogens is 4. The predicted molar refractivity (Wildman–Crippen MR) is 42.0 cm³/mol. The second-order valence-corrected chi connectivity index (χ2v) is 3.50. The van der Waals surface area contributed by atoms with E-state index < -0.39 is 18.3 Å². The molecule has 0 saturated heterocycles. The lowest BCUT2D eigenvalue weighted by atomic mass is 9.97. The van der Waals surface area contributed by atoms with Crippen LogP contribution in [0.4, 0.5) is 17.6 Å². The summed E-state index contributed by atoms with van der Waals surface area (Å²) >= 11 is 0. The quantitative estimate of drug-likeness (QED) is 0.410. The Hall–Kier alpha value is -0.540. The zero-order chi connectivity index (χ0) is 10.1. The summed E-state index contributed by atoms with van der Waals surface area (Å²) in [4.78, 5) is 0. The van der Waals surface area contributed by atoms with Gasteiger partial charge in [-0.3, -0.25) is 0 Å². The average Bonchev–Trinajstić information content (AvgIpc) is 2.08. The Kier molecular flexibility index (Phi) is 2.98. The standard InChI is InChI=1S/C9H12F4/c1-6-3-2-4-7(8(10)5-6)9(11,12)13/h3,7-8H,2,4-5H2,1H3. The summed E-state index contributed by atoms with van der Waals surface area (Å²) < 4.78 is 49.8. The van der Waals surface area contributed by atoms with Crippen molar-refractivity contribution in [3.63, 3.8) is 0 Å². The van der Waals surface area contributed by atoms with Crippen LogP contribution in [0.2, 0.25) is 0 Å². The molecule has 76 valence electrons. The first-order valence-electron chi connectivity index (χ1n) is 4.27. The van der Waals surface area contributed by atoms with Crippen molar-refractivity contribution in [3.05, 3.63) is 11.6 Å². The molecule has 0 aromatic heterocycles. The van der Waals surface area contributed by atoms with E-state index in [2.05, 4.69) is 0 Å². The Morgan fingerprint density at radius 3 is 2.54 bits per heavy atom. The first-order chi connectivity index (χ1) is 5.91. The highest BCUT2D eigenvalue weighted by molar-refractivity contribution is 5.04. The van der Waals surface area contributed by atoms with Gasteiger partial charge in [-0.25, -0.2) is 4.39 Å². The van der Waals surface area contributed by atoms with Gasteiger partial charge in [0.15, 0.2) is 0 Å². The number of rotatable bonds is 0. The fraction of sp³-hybridized carbons (Fsp3) is 0.778. The maximum atomic E-state index is 13.1. The zero-order valence-corrected chi connectivity index (χ0v) is 7.37. The summed E-state index contributed by atoms with van der Waals surface area (Å²) in [6.45, 7) is 1.67. The Morgan fingerprint density at radius 2 is 2.00 bits per heavy atom. The fourth-order valence-electron chi connectivity index (χ4n) is 1.59. The van der Waals surface area contributed by atoms with Crippen molar-refractivity contribution in [3.8, 4) is 0 Å². The summed E-state index contributed by atoms with van der Waals surface area (Å²) in [6.07, 6.45) is -4.34. The molecule has 1 rings (SSSR count). The minimum Gasteiger partial charge on any atom is -0.246 e. The number of allylic oxidation sites excluding steroid dienone is 2. The van der Waals surface area contributed by atoms with E-state index in [0.717, 1.165) is 5.57 Å². The van der Waals surface area contributed by atoms with Crippen LogP contribution in [0.5, 0.6) is 0 Å². The van der Waals surface area contributed by atoms with E-state index in [-0.39, 0.29) is 12.8 Å². The number of hydrogen-bond donors (Lipinski definition) is 0. The topological polar surface area (TPSA) is 0 Å². The van der Waals surface area contributed by atoms with Gasteiger partial charge in [-0.05, 0) is 26.2 Å². The van der Waals surface area contributed by atoms with Crippen molar-refractivity contribution >= 4 is 0 Å². The maximum absolute atomic E-state index is 13.1. The minimum atomic E-state index is -4.39. The van der Waals surface area contributed by atoms with Crippen LogP contribution in [0.3, 0.4) is 0 Å². The van der Waals surface area contributed by atoms with Crippen LogP contribution in [0.1, 0.15) is 26.2 Å². The largest absolute Gasteiger partial charge is 0.394 e. The smallest absolute Gasteiger partial charge is 0.246 e. The molecule has 2 atom stereocenters. The van der Waals surface area contributed by atoms with Crippen LogP contribution in [-0.4, -0.2) is 12.3 Å². The van der Waals surface area contributed by atoms with E-state index >= 15 is 0 Å². The average molecular weight is 196 g/mol. The van der Waals surface area contributed by atoms with Crippen molar-refractivity contribution in [2.75, 3.05) is 0 Å². The molecule has 2 unspecified atom stereocenters. The Bertz CT molecular complexity index is 204. The summed E-state index contributed by atoms with van der Waals surface area (Å²) in [6, 6.07) is 0. The summed E-state index contributed by atoms with van der Waals surface area (Å²) in [5, 5.41) is 0. The molecule has 1 aliphatic carbocycles. The van der Waals surface area contributed by atoms with Gasteiger partial charge in [-0.2, -0.15) is 13.2 Å². The van der Waals surface area contributed by atoms with Crippen LogP contribution in [0.15, 0.2) is 11.6 Å². The van der Waals surface area contributed by atoms with Crippen LogP contribution >= 0.6 is 0 Å². The molecule has 0 amide bonds. The van der Waals surface area contributed by atoms with Gasteiger partial charge in [0.25, 0.3) is 0 Å². The first-order valence-corrected chi connectivity index (χ1v) is 4.27. The highest BCUT2D eigenvalue weighted by Crippen LogP contribution is 2.37. The molecule has 0 N–H and O–H groups in total. The summed E-state index contributed by atoms with van der Waals surface area (Å²) in [7, 11) is 0. The monoisotopic (exact) mass is 196 g/mol. The van der Waals surface area contributed by atoms with Crippen LogP contribution < -0.4 is 0 Å². The third-order valence-electron chi connectivity index (χ3n) is 2.34. The molecule has 0 saturated carbocycles. The van der Waals surface area contributed by atoms with Crippen LogP contribution in [-0.2, 0) is 0 Å². The second kappa shape index (κ2) is 3.68. The van der Waals surface area contributed by atoms with Crippen LogP contribution in [0, 0.1) is 5.92 Å². The SMILES string of the molecule is CC1=CCCC(C(F)(F)F)C(F)C1. The molecule has 0 nitrogen and oxygen atoms in total. The molecule has 13 heavy (non-hydrogen) atoms. The first kappa shape index (κ1) is 10.5. The molecule has 0 fully saturated rings. The van der Waals surface area contributed by atoms with E-state index in [1.165, 1.54) is 0 Å². The van der Waals surface area contributed by atoms with Gasteiger partial charge < -0.3 is 0 Å². The van der Waals surface area contributed by atoms with E-state index in [0.29, 0.717) is 6.42 Å². The Morgan fingerprint density at radius 1 is 1.38 bits per heavy atom. The number of hydrogen-bond acceptors (Lipinski definition) is 0. The van der Waals surface area contributed by atoms with E-state index in [9.17, 15) is 17.6 Å². The Labute approximate surface area is 74.6 Å². The van der Waals surface area contributed by atoms with E-state index in [4.69, 9.17) is 0 Å². The van der Waals surface area contributed by atoms with E-state index in [1.54, 1.807) is 13.0 Å². The van der Waals surface area contributed by atoms with Gasteiger partial charge in [0.05, 0.1) is 5.92 Å². The highest BCUT2D eigenvalue weighted by atomic mass is 19.4. The van der Waals surface area contributed by atoms with Crippen LogP contribution in [0.25, 0.3) is 0 Å². The summed E-state index contributed by atoms with van der Waals surface area (Å²) in [5.74, 6) is -1.78. The normalized spacial score (nSPS) is 31.0. The van der Waals surface area contributed by atoms with Gasteiger partial charge in [0, 0.05) is 0 Å². The fourth-order valence-corrected chi connectivity index (χ4v) is 1.59. The molecule has 0 bridgehead atoms. The molecule has 0 aliphatic heterocycles. The third kappa shape index (κ3) is 2.71. The van der Waals surface area contributed by atoms with Crippen molar-refractivity contribution in [2.45, 2.75) is 38.5 Å². The zero-order valence-electron chi connectivity index (χ0n) is 7.37. The Balaban J connectivity index is 2.69. The minimum absolute atomic E-state index is 0.0792. The van der Waals surface area contributed by atoms with Crippen molar-refractivity contribution in [1.82, 2.24) is 0 Å². The lowest BCUT2D eigenvalue weighted by Gasteiger charge is -2.21. The molecule has 0 aromatic carbocycles. The molecule has 0 heterocycles. The lowest BCUT2D eigenvalue weighted by Crippen LogP contribution is -2.31. The molecule has 4 heteroatoms. The molecule has 0 spiro atoms. The second-order valence-electron chi connectivity index (χ2n) is 3.50. The predicted octanol–water partition coefficient (Wildman–Crippen LogP) is 3.63. The maximum Gasteiger partial charge on any atom is 0.394 e. The van der Waals surface area contributed by atoms with Gasteiger partial charge in [0.2, 0.25) is 0 Å². The summed E-state index contributed by atoms with van der Waals surface area (Å²) in [5.41, 5.74) is 0.722. The number of alkyl halides is 4. The van der Waals surface area contributed by atoms with Gasteiger partial charge in [0.1, 0.15) is 6.17 Å². The van der Waals surface area contributed by atoms with Crippen molar-refractivity contribution < 1.29 is 17.6 Å². The molecule has 0 aromatic rings. The van der Waals surface area contributed by atoms with Gasteiger partial charge in [-0.15, -0.1) is 0 Å². The van der Waals surface area contributed by atoms with Gasteiger partial charge in [-0.1, -0.05) is 11.6 Å². The van der Waals surface area contributed by atoms with Crippen molar-refractivity contribution in [1.29, 1.82) is 0 Å². The lowest BCUT2D eigenvalue weighted by molar-refractivity contribution is -0.191. The molecular formula is C9H12F4. The van der Waals surface area contributed by atoms with Crippen molar-refractivity contribution in [2.24, 2.45) is 5.92 Å². The molecular weight excluding hydrogens is 184 g/mol. The van der Waals surface area contributed by atoms with E-state index in [1.807, 2.05) is 0 Å². The van der Waals surface area contributed by atoms with Gasteiger partial charge >= 0.3 is 6.18 Å². The molecule has 0 radical (unpaired) electrons.